The van der Waals surface area contributed by atoms with E-state index >= 15 is 0 Å². The van der Waals surface area contributed by atoms with Crippen molar-refractivity contribution in [2.75, 3.05) is 13.1 Å². The predicted octanol–water partition coefficient (Wildman–Crippen LogP) is 2.68. The van der Waals surface area contributed by atoms with Gasteiger partial charge in [0.25, 0.3) is 0 Å². The van der Waals surface area contributed by atoms with Crippen LogP contribution in [0.1, 0.15) is 29.3 Å². The van der Waals surface area contributed by atoms with E-state index in [0.717, 1.165) is 22.9 Å². The second-order valence-corrected chi connectivity index (χ2v) is 6.31. The number of benzene rings is 1. The molecule has 21 heavy (non-hydrogen) atoms. The molecule has 3 aromatic rings. The maximum absolute atomic E-state index is 10.5. The van der Waals surface area contributed by atoms with Gasteiger partial charge in [0.2, 0.25) is 10.8 Å². The molecule has 0 spiro atoms. The van der Waals surface area contributed by atoms with Crippen molar-refractivity contribution in [3.8, 4) is 5.88 Å². The summed E-state index contributed by atoms with van der Waals surface area (Å²) >= 11 is 1.52. The molecular weight excluding hydrogens is 284 g/mol. The van der Waals surface area contributed by atoms with Crippen molar-refractivity contribution in [2.24, 2.45) is 0 Å². The zero-order chi connectivity index (χ0) is 14.2. The van der Waals surface area contributed by atoms with Gasteiger partial charge in [0.05, 0.1) is 10.9 Å². The highest BCUT2D eigenvalue weighted by Gasteiger charge is 2.30. The lowest BCUT2D eigenvalue weighted by atomic mass is 10.0. The zero-order valence-corrected chi connectivity index (χ0v) is 12.3. The molecular formula is C15H16N4OS. The summed E-state index contributed by atoms with van der Waals surface area (Å²) < 4.78 is 1.52. The smallest absolute Gasteiger partial charge is 0.230 e. The second-order valence-electron chi connectivity index (χ2n) is 5.30. The van der Waals surface area contributed by atoms with Crippen molar-refractivity contribution >= 4 is 16.3 Å². The summed E-state index contributed by atoms with van der Waals surface area (Å²) in [6, 6.07) is 10.4. The Kier molecular flexibility index (Phi) is 3.12. The van der Waals surface area contributed by atoms with Gasteiger partial charge >= 0.3 is 0 Å². The second kappa shape index (κ2) is 5.13. The molecule has 0 bridgehead atoms. The van der Waals surface area contributed by atoms with Crippen LogP contribution in [-0.2, 0) is 0 Å². The number of hydrogen-bond acceptors (Lipinski definition) is 5. The average Bonchev–Trinajstić information content (AvgIpc) is 3.22. The Morgan fingerprint density at radius 2 is 1.90 bits per heavy atom. The Morgan fingerprint density at radius 3 is 2.62 bits per heavy atom. The number of hydrogen-bond donors (Lipinski definition) is 1. The average molecular weight is 300 g/mol. The van der Waals surface area contributed by atoms with Crippen LogP contribution in [0, 0.1) is 0 Å². The number of aromatic nitrogens is 3. The Labute approximate surface area is 126 Å². The lowest BCUT2D eigenvalue weighted by Gasteiger charge is -2.26. The molecule has 1 fully saturated rings. The molecule has 1 aromatic carbocycles. The van der Waals surface area contributed by atoms with Gasteiger partial charge in [0, 0.05) is 0 Å². The fraction of sp³-hybridized carbons (Fsp3) is 0.333. The summed E-state index contributed by atoms with van der Waals surface area (Å²) in [5.74, 6) is 0.216. The molecule has 5 nitrogen and oxygen atoms in total. The van der Waals surface area contributed by atoms with Gasteiger partial charge in [-0.3, -0.25) is 4.90 Å². The van der Waals surface area contributed by atoms with Crippen molar-refractivity contribution in [2.45, 2.75) is 18.9 Å². The highest BCUT2D eigenvalue weighted by atomic mass is 32.1. The number of fused-ring (bicyclic) bond motifs is 1. The van der Waals surface area contributed by atoms with E-state index < -0.39 is 0 Å². The number of rotatable bonds is 3. The molecule has 1 atom stereocenters. The third-order valence-corrected chi connectivity index (χ3v) is 5.09. The Hall–Kier alpha value is -1.92. The van der Waals surface area contributed by atoms with Gasteiger partial charge in [0.1, 0.15) is 6.33 Å². The zero-order valence-electron chi connectivity index (χ0n) is 11.5. The fourth-order valence-electron chi connectivity index (χ4n) is 3.04. The van der Waals surface area contributed by atoms with E-state index in [2.05, 4.69) is 27.1 Å². The summed E-state index contributed by atoms with van der Waals surface area (Å²) in [4.78, 5) is 8.29. The fourth-order valence-corrected chi connectivity index (χ4v) is 4.13. The van der Waals surface area contributed by atoms with Crippen molar-refractivity contribution in [3.05, 3.63) is 47.1 Å². The van der Waals surface area contributed by atoms with Gasteiger partial charge in [-0.15, -0.1) is 0 Å². The molecule has 6 heteroatoms. The highest BCUT2D eigenvalue weighted by Crippen LogP contribution is 2.40. The highest BCUT2D eigenvalue weighted by molar-refractivity contribution is 7.17. The third-order valence-electron chi connectivity index (χ3n) is 4.01. The number of likely N-dealkylation sites (tertiary alicyclic amines) is 1. The first-order valence-corrected chi connectivity index (χ1v) is 7.96. The van der Waals surface area contributed by atoms with Gasteiger partial charge in [-0.1, -0.05) is 41.7 Å². The number of thiazole rings is 1. The summed E-state index contributed by atoms with van der Waals surface area (Å²) in [5, 5.41) is 14.6. The van der Waals surface area contributed by atoms with E-state index in [1.807, 2.05) is 18.2 Å². The van der Waals surface area contributed by atoms with Crippen LogP contribution in [0.25, 0.3) is 4.96 Å². The molecule has 2 aromatic heterocycles. The molecule has 4 rings (SSSR count). The predicted molar refractivity (Wildman–Crippen MR) is 81.6 cm³/mol. The molecule has 1 aliphatic rings. The summed E-state index contributed by atoms with van der Waals surface area (Å²) in [7, 11) is 0. The number of nitrogens with zero attached hydrogens (tertiary/aromatic N) is 4. The lowest BCUT2D eigenvalue weighted by molar-refractivity contribution is 0.277. The molecule has 0 unspecified atom stereocenters. The van der Waals surface area contributed by atoms with Crippen LogP contribution in [0.4, 0.5) is 0 Å². The van der Waals surface area contributed by atoms with E-state index in [4.69, 9.17) is 0 Å². The van der Waals surface area contributed by atoms with Crippen LogP contribution < -0.4 is 0 Å². The molecule has 0 saturated carbocycles. The first-order valence-electron chi connectivity index (χ1n) is 7.15. The first-order chi connectivity index (χ1) is 10.3. The molecule has 0 aliphatic carbocycles. The van der Waals surface area contributed by atoms with Crippen LogP contribution >= 0.6 is 11.3 Å². The van der Waals surface area contributed by atoms with Gasteiger partial charge in [-0.05, 0) is 31.5 Å². The van der Waals surface area contributed by atoms with E-state index in [9.17, 15) is 5.11 Å². The normalized spacial score (nSPS) is 17.5. The van der Waals surface area contributed by atoms with Crippen molar-refractivity contribution in [3.63, 3.8) is 0 Å². The van der Waals surface area contributed by atoms with Crippen LogP contribution in [0.3, 0.4) is 0 Å². The molecule has 3 heterocycles. The van der Waals surface area contributed by atoms with Gasteiger partial charge in [0.15, 0.2) is 0 Å². The topological polar surface area (TPSA) is 53.7 Å². The summed E-state index contributed by atoms with van der Waals surface area (Å²) in [6.45, 7) is 2.12. The van der Waals surface area contributed by atoms with Crippen LogP contribution in [0.2, 0.25) is 0 Å². The van der Waals surface area contributed by atoms with E-state index in [1.54, 1.807) is 0 Å². The molecule has 1 saturated heterocycles. The molecule has 108 valence electrons. The van der Waals surface area contributed by atoms with E-state index in [-0.39, 0.29) is 11.9 Å². The van der Waals surface area contributed by atoms with Crippen LogP contribution in [0.15, 0.2) is 36.7 Å². The van der Waals surface area contributed by atoms with E-state index in [1.165, 1.54) is 40.6 Å². The summed E-state index contributed by atoms with van der Waals surface area (Å²) in [5.41, 5.74) is 1.21. The van der Waals surface area contributed by atoms with Gasteiger partial charge < -0.3 is 5.11 Å². The minimum atomic E-state index is 0.0854. The van der Waals surface area contributed by atoms with E-state index in [0.29, 0.717) is 0 Å². The Bertz CT molecular complexity index is 745. The van der Waals surface area contributed by atoms with Crippen molar-refractivity contribution in [1.29, 1.82) is 0 Å². The van der Waals surface area contributed by atoms with Crippen LogP contribution in [-0.4, -0.2) is 37.7 Å². The van der Waals surface area contributed by atoms with Crippen LogP contribution in [0.5, 0.6) is 5.88 Å². The molecule has 0 amide bonds. The minimum Gasteiger partial charge on any atom is -0.492 e. The lowest BCUT2D eigenvalue weighted by Crippen LogP contribution is -2.26. The maximum atomic E-state index is 10.5. The largest absolute Gasteiger partial charge is 0.492 e. The summed E-state index contributed by atoms with van der Waals surface area (Å²) in [6.07, 6.45) is 3.90. The maximum Gasteiger partial charge on any atom is 0.230 e. The van der Waals surface area contributed by atoms with Gasteiger partial charge in [-0.25, -0.2) is 4.98 Å². The Balaban J connectivity index is 1.85. The standard InChI is InChI=1S/C15H16N4OS/c20-14-13(21-15-16-10-17-19(14)15)12(18-8-4-5-9-18)11-6-2-1-3-7-11/h1-3,6-7,10,12,20H,4-5,8-9H2/t12-/m0/s1. The van der Waals surface area contributed by atoms with Crippen molar-refractivity contribution < 1.29 is 5.11 Å². The molecule has 1 aliphatic heterocycles. The molecule has 1 N–H and O–H groups in total. The van der Waals surface area contributed by atoms with Gasteiger partial charge in [-0.2, -0.15) is 9.61 Å². The first kappa shape index (κ1) is 12.8. The monoisotopic (exact) mass is 300 g/mol. The Morgan fingerprint density at radius 1 is 1.14 bits per heavy atom. The number of aromatic hydroxyl groups is 1. The third kappa shape index (κ3) is 2.11. The SMILES string of the molecule is Oc1c([C@H](c2ccccc2)N2CCCC2)sc2ncnn12. The minimum absolute atomic E-state index is 0.0854. The van der Waals surface area contributed by atoms with Crippen molar-refractivity contribution in [1.82, 2.24) is 19.5 Å². The molecule has 0 radical (unpaired) electrons. The quantitative estimate of drug-likeness (QED) is 0.808.